The number of ether oxygens (including phenoxy) is 1. The van der Waals surface area contributed by atoms with Crippen molar-refractivity contribution in [2.24, 2.45) is 22.6 Å². The number of amidine groups is 1. The predicted molar refractivity (Wildman–Crippen MR) is 151 cm³/mol. The third kappa shape index (κ3) is 6.18. The molecule has 4 rings (SSSR count). The summed E-state index contributed by atoms with van der Waals surface area (Å²) in [5, 5.41) is 3.30. The van der Waals surface area contributed by atoms with Gasteiger partial charge < -0.3 is 20.7 Å². The number of carbonyl (C=O) groups is 3. The Morgan fingerprint density at radius 3 is 2.38 bits per heavy atom. The second kappa shape index (κ2) is 11.7. The fourth-order valence-electron chi connectivity index (χ4n) is 4.77. The van der Waals surface area contributed by atoms with Gasteiger partial charge in [-0.05, 0) is 69.2 Å². The first kappa shape index (κ1) is 27.2. The van der Waals surface area contributed by atoms with Gasteiger partial charge in [-0.15, -0.1) is 11.3 Å². The number of nitrogens with two attached hydrogens (primary N) is 1. The van der Waals surface area contributed by atoms with E-state index < -0.39 is 12.0 Å². The van der Waals surface area contributed by atoms with E-state index in [4.69, 9.17) is 10.5 Å². The van der Waals surface area contributed by atoms with Crippen molar-refractivity contribution in [3.63, 3.8) is 0 Å². The van der Waals surface area contributed by atoms with Crippen molar-refractivity contribution in [2.75, 3.05) is 23.1 Å². The number of hydrogen-bond donors (Lipinski definition) is 2. The number of nitrogens with one attached hydrogen (secondary N) is 1. The van der Waals surface area contributed by atoms with Crippen LogP contribution in [0.25, 0.3) is 10.4 Å². The quantitative estimate of drug-likeness (QED) is 0.469. The molecule has 2 amide bonds. The van der Waals surface area contributed by atoms with Crippen LogP contribution in [-0.2, 0) is 14.3 Å². The molecule has 37 heavy (non-hydrogen) atoms. The van der Waals surface area contributed by atoms with Crippen LogP contribution >= 0.6 is 23.1 Å². The highest BCUT2D eigenvalue weighted by Crippen LogP contribution is 2.40. The lowest BCUT2D eigenvalue weighted by Crippen LogP contribution is -2.42. The Kier molecular flexibility index (Phi) is 8.59. The number of methoxy groups -OCH3 is 1. The Bertz CT molecular complexity index is 1180. The maximum Gasteiger partial charge on any atom is 0.350 e. The molecule has 8 nitrogen and oxygen atoms in total. The zero-order valence-corrected chi connectivity index (χ0v) is 23.3. The topological polar surface area (TPSA) is 114 Å². The number of thioether (sulfide) groups is 1. The molecule has 198 valence electrons. The minimum atomic E-state index is -0.487. The number of carbonyl (C=O) groups excluding carboxylic acids is 3. The van der Waals surface area contributed by atoms with Gasteiger partial charge in [-0.25, -0.2) is 9.79 Å². The van der Waals surface area contributed by atoms with Crippen LogP contribution in [0.3, 0.4) is 0 Å². The predicted octanol–water partition coefficient (Wildman–Crippen LogP) is 5.14. The number of hydrogen-bond acceptors (Lipinski definition) is 8. The fraction of sp³-hybridized carbons (Fsp3) is 0.481. The molecular weight excluding hydrogens is 508 g/mol. The zero-order chi connectivity index (χ0) is 26.7. The summed E-state index contributed by atoms with van der Waals surface area (Å²) >= 11 is 2.68. The first-order valence-electron chi connectivity index (χ1n) is 12.6. The van der Waals surface area contributed by atoms with Gasteiger partial charge in [0.25, 0.3) is 0 Å². The molecule has 2 aliphatic rings. The molecule has 1 atom stereocenters. The molecule has 1 fully saturated rings. The van der Waals surface area contributed by atoms with E-state index in [1.54, 1.807) is 4.90 Å². The lowest BCUT2D eigenvalue weighted by Gasteiger charge is -2.33. The largest absolute Gasteiger partial charge is 0.465 e. The molecule has 0 spiro atoms. The number of thiophene rings is 1. The summed E-state index contributed by atoms with van der Waals surface area (Å²) < 4.78 is 5.08. The number of anilines is 2. The Balaban J connectivity index is 1.59. The van der Waals surface area contributed by atoms with Crippen LogP contribution in [0.4, 0.5) is 11.4 Å². The monoisotopic (exact) mass is 542 g/mol. The van der Waals surface area contributed by atoms with Crippen LogP contribution in [0.15, 0.2) is 35.3 Å². The van der Waals surface area contributed by atoms with Crippen molar-refractivity contribution in [1.82, 2.24) is 0 Å². The van der Waals surface area contributed by atoms with Gasteiger partial charge in [0, 0.05) is 28.3 Å². The molecule has 0 saturated heterocycles. The number of nitrogens with zero attached hydrogens (tertiary/aromatic N) is 2. The van der Waals surface area contributed by atoms with E-state index in [9.17, 15) is 14.4 Å². The fourth-order valence-corrected chi connectivity index (χ4v) is 6.60. The van der Waals surface area contributed by atoms with Crippen molar-refractivity contribution >= 4 is 57.4 Å². The maximum atomic E-state index is 13.7. The van der Waals surface area contributed by atoms with E-state index in [0.29, 0.717) is 33.1 Å². The first-order chi connectivity index (χ1) is 17.7. The molecule has 10 heteroatoms. The van der Waals surface area contributed by atoms with Gasteiger partial charge in [-0.1, -0.05) is 30.8 Å². The van der Waals surface area contributed by atoms with Crippen molar-refractivity contribution in [3.8, 4) is 10.4 Å². The molecule has 1 saturated carbocycles. The molecule has 2 heterocycles. The first-order valence-corrected chi connectivity index (χ1v) is 14.4. The third-order valence-electron chi connectivity index (χ3n) is 6.87. The van der Waals surface area contributed by atoms with Gasteiger partial charge in [0.2, 0.25) is 11.8 Å². The molecule has 1 unspecified atom stereocenters. The van der Waals surface area contributed by atoms with Crippen LogP contribution in [0.5, 0.6) is 0 Å². The highest BCUT2D eigenvalue weighted by Gasteiger charge is 2.33. The Hall–Kier alpha value is -2.85. The van der Waals surface area contributed by atoms with Crippen LogP contribution in [-0.4, -0.2) is 47.9 Å². The third-order valence-corrected chi connectivity index (χ3v) is 8.91. The average molecular weight is 543 g/mol. The van der Waals surface area contributed by atoms with Crippen LogP contribution in [0, 0.1) is 11.8 Å². The average Bonchev–Trinajstić information content (AvgIpc) is 3.51. The molecule has 1 aromatic carbocycles. The minimum Gasteiger partial charge on any atom is -0.465 e. The second-order valence-corrected chi connectivity index (χ2v) is 12.0. The molecule has 2 aromatic rings. The summed E-state index contributed by atoms with van der Waals surface area (Å²) in [6, 6.07) is 8.71. The number of aliphatic imine (C=N–C) groups is 1. The normalized spacial score (nSPS) is 21.4. The maximum absolute atomic E-state index is 13.7. The smallest absolute Gasteiger partial charge is 0.350 e. The second-order valence-electron chi connectivity index (χ2n) is 9.94. The van der Waals surface area contributed by atoms with E-state index in [1.165, 1.54) is 30.2 Å². The zero-order valence-electron chi connectivity index (χ0n) is 21.7. The lowest BCUT2D eigenvalue weighted by atomic mass is 9.82. The summed E-state index contributed by atoms with van der Waals surface area (Å²) in [6.45, 7) is 6.18. The lowest BCUT2D eigenvalue weighted by molar-refractivity contribution is -0.124. The van der Waals surface area contributed by atoms with E-state index in [-0.39, 0.29) is 23.8 Å². The van der Waals surface area contributed by atoms with Gasteiger partial charge in [0.15, 0.2) is 5.17 Å². The van der Waals surface area contributed by atoms with E-state index >= 15 is 0 Å². The van der Waals surface area contributed by atoms with Crippen molar-refractivity contribution in [1.29, 1.82) is 0 Å². The molecule has 3 N–H and O–H groups in total. The standard InChI is InChI=1S/C27H34N4O4S2/c1-15(2)31(25(33)18-7-5-16(3)6-8-18)21-13-22(37-23(21)26(34)35-4)17-9-11-19(12-10-17)29-24(32)20-14-36-27(28)30-20/h9-13,15-16,18,20H,5-8,14H2,1-4H3,(H2,28,30)(H,29,32)/t16-,18-,20?. The highest BCUT2D eigenvalue weighted by molar-refractivity contribution is 8.14. The summed E-state index contributed by atoms with van der Waals surface area (Å²) in [4.78, 5) is 46.0. The number of rotatable bonds is 7. The van der Waals surface area contributed by atoms with Gasteiger partial charge >= 0.3 is 5.97 Å². The summed E-state index contributed by atoms with van der Waals surface area (Å²) in [5.41, 5.74) is 7.79. The van der Waals surface area contributed by atoms with E-state index in [0.717, 1.165) is 36.1 Å². The van der Waals surface area contributed by atoms with Crippen molar-refractivity contribution in [3.05, 3.63) is 35.2 Å². The number of amides is 2. The van der Waals surface area contributed by atoms with E-state index in [2.05, 4.69) is 17.2 Å². The Morgan fingerprint density at radius 2 is 1.81 bits per heavy atom. The number of benzene rings is 1. The minimum absolute atomic E-state index is 0.0340. The summed E-state index contributed by atoms with van der Waals surface area (Å²) in [5.74, 6) is 0.562. The molecule has 1 aliphatic carbocycles. The van der Waals surface area contributed by atoms with E-state index in [1.807, 2.05) is 44.2 Å². The van der Waals surface area contributed by atoms with Gasteiger partial charge in [0.05, 0.1) is 12.8 Å². The number of esters is 1. The van der Waals surface area contributed by atoms with Crippen molar-refractivity contribution in [2.45, 2.75) is 58.5 Å². The molecular formula is C27H34N4O4S2. The molecule has 1 aromatic heterocycles. The van der Waals surface area contributed by atoms with Gasteiger partial charge in [0.1, 0.15) is 10.9 Å². The van der Waals surface area contributed by atoms with Crippen LogP contribution < -0.4 is 16.0 Å². The van der Waals surface area contributed by atoms with Crippen molar-refractivity contribution < 1.29 is 19.1 Å². The molecule has 0 radical (unpaired) electrons. The van der Waals surface area contributed by atoms with Gasteiger partial charge in [-0.2, -0.15) is 0 Å². The van der Waals surface area contributed by atoms with Crippen LogP contribution in [0.1, 0.15) is 56.1 Å². The highest BCUT2D eigenvalue weighted by atomic mass is 32.2. The van der Waals surface area contributed by atoms with Gasteiger partial charge in [-0.3, -0.25) is 9.59 Å². The Labute approximate surface area is 226 Å². The molecule has 0 bridgehead atoms. The molecule has 1 aliphatic heterocycles. The summed E-state index contributed by atoms with van der Waals surface area (Å²) in [7, 11) is 1.35. The summed E-state index contributed by atoms with van der Waals surface area (Å²) in [6.07, 6.45) is 3.84. The SMILES string of the molecule is COC(=O)c1sc(-c2ccc(NC(=O)C3CSC(N)=N3)cc2)cc1N(C(=O)[C@H]1CC[C@H](C)CC1)C(C)C. The Morgan fingerprint density at radius 1 is 1.14 bits per heavy atom. The van der Waals surface area contributed by atoms with Crippen LogP contribution in [0.2, 0.25) is 0 Å².